The molecule has 138 valence electrons. The first-order valence-electron chi connectivity index (χ1n) is 9.05. The number of fused-ring (bicyclic) bond motifs is 1. The summed E-state index contributed by atoms with van der Waals surface area (Å²) < 4.78 is 0. The van der Waals surface area contributed by atoms with Crippen molar-refractivity contribution in [2.24, 2.45) is 0 Å². The van der Waals surface area contributed by atoms with Crippen LogP contribution in [0.25, 0.3) is 10.9 Å². The van der Waals surface area contributed by atoms with E-state index in [2.05, 4.69) is 20.6 Å². The standard InChI is InChI=1S/C23H20N4O/c1-15-8-9-18(13-16(15)2)23(28)26-19-10-11-21(25-14-19)27-20-7-3-5-17-6-4-12-24-22(17)20/h3-14H,1-2H3,(H,25,27)(H,26,28). The van der Waals surface area contributed by atoms with Gasteiger partial charge in [0.25, 0.3) is 5.91 Å². The number of nitrogens with zero attached hydrogens (tertiary/aromatic N) is 2. The maximum Gasteiger partial charge on any atom is 0.255 e. The van der Waals surface area contributed by atoms with Gasteiger partial charge in [-0.2, -0.15) is 0 Å². The maximum atomic E-state index is 12.4. The molecule has 0 unspecified atom stereocenters. The number of aryl methyl sites for hydroxylation is 2. The molecule has 0 atom stereocenters. The van der Waals surface area contributed by atoms with Crippen LogP contribution in [0, 0.1) is 13.8 Å². The first-order valence-corrected chi connectivity index (χ1v) is 9.05. The van der Waals surface area contributed by atoms with Crippen LogP contribution in [-0.2, 0) is 0 Å². The molecule has 2 N–H and O–H groups in total. The van der Waals surface area contributed by atoms with Crippen molar-refractivity contribution in [1.82, 2.24) is 9.97 Å². The molecule has 2 heterocycles. The Labute approximate surface area is 163 Å². The highest BCUT2D eigenvalue weighted by Gasteiger charge is 2.08. The predicted octanol–water partition coefficient (Wildman–Crippen LogP) is 5.24. The number of pyridine rings is 2. The number of para-hydroxylation sites is 1. The first-order chi connectivity index (χ1) is 13.6. The summed E-state index contributed by atoms with van der Waals surface area (Å²) in [4.78, 5) is 21.3. The van der Waals surface area contributed by atoms with Gasteiger partial charge >= 0.3 is 0 Å². The number of nitrogens with one attached hydrogen (secondary N) is 2. The Kier molecular flexibility index (Phi) is 4.72. The second-order valence-electron chi connectivity index (χ2n) is 6.69. The second kappa shape index (κ2) is 7.48. The van der Waals surface area contributed by atoms with Crippen molar-refractivity contribution in [3.8, 4) is 0 Å². The van der Waals surface area contributed by atoms with Crippen molar-refractivity contribution < 1.29 is 4.79 Å². The van der Waals surface area contributed by atoms with Crippen molar-refractivity contribution in [1.29, 1.82) is 0 Å². The molecule has 0 bridgehead atoms. The minimum atomic E-state index is -0.149. The highest BCUT2D eigenvalue weighted by molar-refractivity contribution is 6.04. The van der Waals surface area contributed by atoms with E-state index in [0.29, 0.717) is 17.1 Å². The lowest BCUT2D eigenvalue weighted by Crippen LogP contribution is -2.12. The molecule has 2 aromatic heterocycles. The molecule has 4 aromatic rings. The molecule has 0 aliphatic rings. The SMILES string of the molecule is Cc1ccc(C(=O)Nc2ccc(Nc3cccc4cccnc34)nc2)cc1C. The molecule has 0 radical (unpaired) electrons. The summed E-state index contributed by atoms with van der Waals surface area (Å²) in [7, 11) is 0. The Hall–Kier alpha value is -3.73. The van der Waals surface area contributed by atoms with Crippen LogP contribution in [0.15, 0.2) is 73.1 Å². The van der Waals surface area contributed by atoms with Gasteiger partial charge in [0.2, 0.25) is 0 Å². The van der Waals surface area contributed by atoms with Crippen LogP contribution in [0.1, 0.15) is 21.5 Å². The molecule has 0 aliphatic carbocycles. The van der Waals surface area contributed by atoms with Gasteiger partial charge < -0.3 is 10.6 Å². The van der Waals surface area contributed by atoms with Crippen LogP contribution in [0.3, 0.4) is 0 Å². The summed E-state index contributed by atoms with van der Waals surface area (Å²) >= 11 is 0. The number of carbonyl (C=O) groups is 1. The van der Waals surface area contributed by atoms with Crippen LogP contribution in [0.4, 0.5) is 17.2 Å². The zero-order valence-corrected chi connectivity index (χ0v) is 15.7. The molecular formula is C23H20N4O. The molecule has 0 spiro atoms. The topological polar surface area (TPSA) is 66.9 Å². The largest absolute Gasteiger partial charge is 0.338 e. The summed E-state index contributed by atoms with van der Waals surface area (Å²) in [6, 6.07) is 19.2. The van der Waals surface area contributed by atoms with Crippen LogP contribution < -0.4 is 10.6 Å². The Balaban J connectivity index is 1.49. The molecule has 2 aromatic carbocycles. The summed E-state index contributed by atoms with van der Waals surface area (Å²) in [6.07, 6.45) is 3.41. The first kappa shape index (κ1) is 17.7. The van der Waals surface area contributed by atoms with Crippen LogP contribution in [0.2, 0.25) is 0 Å². The maximum absolute atomic E-state index is 12.4. The molecule has 1 amide bonds. The van der Waals surface area contributed by atoms with Gasteiger partial charge in [-0.25, -0.2) is 4.98 Å². The van der Waals surface area contributed by atoms with Gasteiger partial charge in [-0.05, 0) is 61.4 Å². The van der Waals surface area contributed by atoms with E-state index in [1.807, 2.05) is 74.5 Å². The van der Waals surface area contributed by atoms with Gasteiger partial charge in [0.1, 0.15) is 5.82 Å². The highest BCUT2D eigenvalue weighted by atomic mass is 16.1. The molecule has 0 saturated heterocycles. The van der Waals surface area contributed by atoms with Crippen molar-refractivity contribution in [3.05, 3.63) is 89.7 Å². The van der Waals surface area contributed by atoms with E-state index < -0.39 is 0 Å². The number of benzene rings is 2. The lowest BCUT2D eigenvalue weighted by atomic mass is 10.1. The number of hydrogen-bond acceptors (Lipinski definition) is 4. The lowest BCUT2D eigenvalue weighted by molar-refractivity contribution is 0.102. The fourth-order valence-electron chi connectivity index (χ4n) is 2.97. The summed E-state index contributed by atoms with van der Waals surface area (Å²) in [5.41, 5.74) is 5.30. The Morgan fingerprint density at radius 1 is 0.893 bits per heavy atom. The number of hydrogen-bond donors (Lipinski definition) is 2. The lowest BCUT2D eigenvalue weighted by Gasteiger charge is -2.10. The van der Waals surface area contributed by atoms with E-state index in [9.17, 15) is 4.79 Å². The Bertz CT molecular complexity index is 1150. The molecular weight excluding hydrogens is 348 g/mol. The van der Waals surface area contributed by atoms with E-state index >= 15 is 0 Å². The number of rotatable bonds is 4. The molecule has 0 aliphatic heterocycles. The van der Waals surface area contributed by atoms with Gasteiger partial charge in [-0.15, -0.1) is 0 Å². The van der Waals surface area contributed by atoms with Crippen LogP contribution in [0.5, 0.6) is 0 Å². The normalized spacial score (nSPS) is 10.6. The van der Waals surface area contributed by atoms with E-state index in [-0.39, 0.29) is 5.91 Å². The molecule has 5 heteroatoms. The third-order valence-corrected chi connectivity index (χ3v) is 4.69. The summed E-state index contributed by atoms with van der Waals surface area (Å²) in [6.45, 7) is 4.02. The van der Waals surface area contributed by atoms with Crippen LogP contribution >= 0.6 is 0 Å². The molecule has 4 rings (SSSR count). The second-order valence-corrected chi connectivity index (χ2v) is 6.69. The number of amides is 1. The molecule has 28 heavy (non-hydrogen) atoms. The van der Waals surface area contributed by atoms with Crippen molar-refractivity contribution in [2.45, 2.75) is 13.8 Å². The number of carbonyl (C=O) groups excluding carboxylic acids is 1. The summed E-state index contributed by atoms with van der Waals surface area (Å²) in [5, 5.41) is 7.23. The van der Waals surface area contributed by atoms with Crippen molar-refractivity contribution in [3.63, 3.8) is 0 Å². The van der Waals surface area contributed by atoms with Gasteiger partial charge in [-0.3, -0.25) is 9.78 Å². The Morgan fingerprint density at radius 2 is 1.75 bits per heavy atom. The average Bonchev–Trinajstić information content (AvgIpc) is 2.72. The van der Waals surface area contributed by atoms with Crippen molar-refractivity contribution >= 4 is 34.0 Å². The zero-order valence-electron chi connectivity index (χ0n) is 15.7. The van der Waals surface area contributed by atoms with Gasteiger partial charge in [0.05, 0.1) is 23.1 Å². The molecule has 5 nitrogen and oxygen atoms in total. The Morgan fingerprint density at radius 3 is 2.54 bits per heavy atom. The van der Waals surface area contributed by atoms with E-state index in [4.69, 9.17) is 0 Å². The van der Waals surface area contributed by atoms with E-state index in [0.717, 1.165) is 27.7 Å². The number of aromatic nitrogens is 2. The fraction of sp³-hybridized carbons (Fsp3) is 0.0870. The third-order valence-electron chi connectivity index (χ3n) is 4.69. The minimum absolute atomic E-state index is 0.149. The van der Waals surface area contributed by atoms with Gasteiger partial charge in [-0.1, -0.05) is 24.3 Å². The van der Waals surface area contributed by atoms with E-state index in [1.54, 1.807) is 12.4 Å². The minimum Gasteiger partial charge on any atom is -0.338 e. The van der Waals surface area contributed by atoms with Gasteiger partial charge in [0.15, 0.2) is 0 Å². The quantitative estimate of drug-likeness (QED) is 0.517. The fourth-order valence-corrected chi connectivity index (χ4v) is 2.97. The predicted molar refractivity (Wildman–Crippen MR) is 113 cm³/mol. The zero-order chi connectivity index (χ0) is 19.5. The summed E-state index contributed by atoms with van der Waals surface area (Å²) in [5.74, 6) is 0.534. The van der Waals surface area contributed by atoms with E-state index in [1.165, 1.54) is 0 Å². The average molecular weight is 368 g/mol. The van der Waals surface area contributed by atoms with Crippen LogP contribution in [-0.4, -0.2) is 15.9 Å². The molecule has 0 saturated carbocycles. The van der Waals surface area contributed by atoms with Gasteiger partial charge in [0, 0.05) is 17.1 Å². The number of anilines is 3. The monoisotopic (exact) mass is 368 g/mol. The smallest absolute Gasteiger partial charge is 0.255 e. The highest BCUT2D eigenvalue weighted by Crippen LogP contribution is 2.24. The third kappa shape index (κ3) is 3.69. The van der Waals surface area contributed by atoms with Crippen molar-refractivity contribution in [2.75, 3.05) is 10.6 Å². The molecule has 0 fully saturated rings.